The Labute approximate surface area is 93.8 Å². The number of rotatable bonds is 4. The number of Topliss-reactive ketones (excluding diaryl/α,β-unsaturated/α-hetero) is 1. The molecule has 0 spiro atoms. The van der Waals surface area contributed by atoms with Crippen molar-refractivity contribution in [1.29, 1.82) is 0 Å². The topological polar surface area (TPSA) is 17.1 Å². The zero-order chi connectivity index (χ0) is 10.6. The number of benzene rings is 1. The average Bonchev–Trinajstić information content (AvgIpc) is 2.07. The molecular weight excluding hydrogens is 216 g/mol. The minimum absolute atomic E-state index is 0.219. The Morgan fingerprint density at radius 1 is 1.50 bits per heavy atom. The third kappa shape index (κ3) is 3.72. The fourth-order valence-electron chi connectivity index (χ4n) is 1.20. The highest BCUT2D eigenvalue weighted by Crippen LogP contribution is 2.31. The van der Waals surface area contributed by atoms with Crippen molar-refractivity contribution in [3.8, 4) is 0 Å². The number of hydrogen-bond acceptors (Lipinski definition) is 2. The average molecular weight is 229 g/mol. The molecule has 1 unspecified atom stereocenters. The van der Waals surface area contributed by atoms with Crippen molar-refractivity contribution in [3.63, 3.8) is 0 Å². The Bertz CT molecular complexity index is 325. The van der Waals surface area contributed by atoms with Crippen molar-refractivity contribution in [3.05, 3.63) is 29.3 Å². The summed E-state index contributed by atoms with van der Waals surface area (Å²) in [5.74, 6) is 0.219. The van der Waals surface area contributed by atoms with Crippen LogP contribution in [0.15, 0.2) is 29.2 Å². The summed E-state index contributed by atoms with van der Waals surface area (Å²) in [5.41, 5.74) is 0. The van der Waals surface area contributed by atoms with Gasteiger partial charge in [-0.25, -0.2) is 0 Å². The van der Waals surface area contributed by atoms with Crippen molar-refractivity contribution in [2.75, 3.05) is 0 Å². The third-order valence-corrected chi connectivity index (χ3v) is 3.36. The van der Waals surface area contributed by atoms with Crippen LogP contribution in [0, 0.1) is 0 Å². The van der Waals surface area contributed by atoms with E-state index in [9.17, 15) is 4.79 Å². The third-order valence-electron chi connectivity index (χ3n) is 1.74. The Morgan fingerprint density at radius 2 is 2.14 bits per heavy atom. The van der Waals surface area contributed by atoms with Gasteiger partial charge < -0.3 is 0 Å². The van der Waals surface area contributed by atoms with Gasteiger partial charge in [0, 0.05) is 16.6 Å². The van der Waals surface area contributed by atoms with Crippen LogP contribution in [-0.4, -0.2) is 11.0 Å². The van der Waals surface area contributed by atoms with Gasteiger partial charge in [-0.05, 0) is 19.1 Å². The molecule has 0 saturated carbocycles. The van der Waals surface area contributed by atoms with E-state index in [2.05, 4.69) is 0 Å². The summed E-state index contributed by atoms with van der Waals surface area (Å²) in [7, 11) is 0. The number of carbonyl (C=O) groups is 1. The lowest BCUT2D eigenvalue weighted by Crippen LogP contribution is -2.02. The summed E-state index contributed by atoms with van der Waals surface area (Å²) in [4.78, 5) is 11.9. The number of thioether (sulfide) groups is 1. The highest BCUT2D eigenvalue weighted by molar-refractivity contribution is 8.00. The molecule has 0 bridgehead atoms. The second kappa shape index (κ2) is 5.42. The monoisotopic (exact) mass is 228 g/mol. The van der Waals surface area contributed by atoms with Crippen molar-refractivity contribution in [2.45, 2.75) is 30.4 Å². The second-order valence-electron chi connectivity index (χ2n) is 3.27. The molecule has 0 aliphatic carbocycles. The Morgan fingerprint density at radius 3 is 2.71 bits per heavy atom. The smallest absolute Gasteiger partial charge is 0.130 e. The lowest BCUT2D eigenvalue weighted by Gasteiger charge is -2.09. The molecule has 0 N–H and O–H groups in total. The van der Waals surface area contributed by atoms with Crippen molar-refractivity contribution in [1.82, 2.24) is 0 Å². The van der Waals surface area contributed by atoms with Crippen LogP contribution in [0.25, 0.3) is 0 Å². The summed E-state index contributed by atoms with van der Waals surface area (Å²) >= 11 is 7.64. The van der Waals surface area contributed by atoms with Gasteiger partial charge in [-0.3, -0.25) is 4.79 Å². The highest BCUT2D eigenvalue weighted by Gasteiger charge is 2.08. The molecule has 0 amide bonds. The minimum Gasteiger partial charge on any atom is -0.300 e. The minimum atomic E-state index is 0.219. The van der Waals surface area contributed by atoms with Gasteiger partial charge in [0.2, 0.25) is 0 Å². The van der Waals surface area contributed by atoms with Crippen LogP contribution in [0.2, 0.25) is 5.02 Å². The molecule has 0 fully saturated rings. The van der Waals surface area contributed by atoms with E-state index >= 15 is 0 Å². The maximum atomic E-state index is 10.9. The molecule has 0 heterocycles. The first kappa shape index (κ1) is 11.6. The molecule has 1 aromatic carbocycles. The zero-order valence-corrected chi connectivity index (χ0v) is 9.86. The predicted molar refractivity (Wildman–Crippen MR) is 62.1 cm³/mol. The fraction of sp³-hybridized carbons (Fsp3) is 0.364. The number of halogens is 1. The number of hydrogen-bond donors (Lipinski definition) is 0. The van der Waals surface area contributed by atoms with E-state index in [1.807, 2.05) is 31.2 Å². The Hall–Kier alpha value is -0.470. The van der Waals surface area contributed by atoms with Crippen LogP contribution in [0.5, 0.6) is 0 Å². The van der Waals surface area contributed by atoms with Crippen LogP contribution in [0.4, 0.5) is 0 Å². The lowest BCUT2D eigenvalue weighted by molar-refractivity contribution is -0.116. The Kier molecular flexibility index (Phi) is 4.49. The molecule has 0 aromatic heterocycles. The summed E-state index contributed by atoms with van der Waals surface area (Å²) < 4.78 is 0. The van der Waals surface area contributed by atoms with Crippen molar-refractivity contribution < 1.29 is 4.79 Å². The summed E-state index contributed by atoms with van der Waals surface area (Å²) in [6.07, 6.45) is 0.593. The SMILES string of the molecule is CC(=O)CC(C)Sc1ccccc1Cl. The molecule has 1 atom stereocenters. The fourth-order valence-corrected chi connectivity index (χ4v) is 2.56. The zero-order valence-electron chi connectivity index (χ0n) is 8.29. The molecule has 3 heteroatoms. The van der Waals surface area contributed by atoms with Gasteiger partial charge >= 0.3 is 0 Å². The second-order valence-corrected chi connectivity index (χ2v) is 5.15. The predicted octanol–water partition coefficient (Wildman–Crippen LogP) is 3.80. The van der Waals surface area contributed by atoms with E-state index in [1.54, 1.807) is 18.7 Å². The van der Waals surface area contributed by atoms with Gasteiger partial charge in [0.1, 0.15) is 5.78 Å². The maximum Gasteiger partial charge on any atom is 0.130 e. The molecule has 0 saturated heterocycles. The summed E-state index contributed by atoms with van der Waals surface area (Å²) in [5, 5.41) is 1.04. The van der Waals surface area contributed by atoms with Gasteiger partial charge in [-0.2, -0.15) is 0 Å². The Balaban J connectivity index is 2.60. The molecule has 1 nitrogen and oxygen atoms in total. The van der Waals surface area contributed by atoms with E-state index in [-0.39, 0.29) is 11.0 Å². The van der Waals surface area contributed by atoms with Crippen molar-refractivity contribution >= 4 is 29.1 Å². The van der Waals surface area contributed by atoms with Crippen molar-refractivity contribution in [2.24, 2.45) is 0 Å². The van der Waals surface area contributed by atoms with Gasteiger partial charge in [-0.1, -0.05) is 30.7 Å². The van der Waals surface area contributed by atoms with Crippen LogP contribution in [-0.2, 0) is 4.79 Å². The molecule has 0 aliphatic heterocycles. The van der Waals surface area contributed by atoms with E-state index in [1.165, 1.54) is 0 Å². The van der Waals surface area contributed by atoms with Gasteiger partial charge in [0.05, 0.1) is 5.02 Å². The first-order chi connectivity index (χ1) is 6.59. The standard InChI is InChI=1S/C11H13ClOS/c1-8(13)7-9(2)14-11-6-4-3-5-10(11)12/h3-6,9H,7H2,1-2H3. The van der Waals surface area contributed by atoms with E-state index in [0.29, 0.717) is 6.42 Å². The van der Waals surface area contributed by atoms with Crippen LogP contribution >= 0.6 is 23.4 Å². The molecule has 1 rings (SSSR count). The van der Waals surface area contributed by atoms with Crippen LogP contribution < -0.4 is 0 Å². The normalized spacial score (nSPS) is 12.5. The molecule has 0 radical (unpaired) electrons. The molecule has 1 aromatic rings. The van der Waals surface area contributed by atoms with Crippen LogP contribution in [0.1, 0.15) is 20.3 Å². The van der Waals surface area contributed by atoms with Crippen LogP contribution in [0.3, 0.4) is 0 Å². The van der Waals surface area contributed by atoms with E-state index in [4.69, 9.17) is 11.6 Å². The van der Waals surface area contributed by atoms with Gasteiger partial charge in [-0.15, -0.1) is 11.8 Å². The first-order valence-corrected chi connectivity index (χ1v) is 5.76. The molecule has 14 heavy (non-hydrogen) atoms. The molecular formula is C11H13ClOS. The summed E-state index contributed by atoms with van der Waals surface area (Å²) in [6.45, 7) is 3.65. The quantitative estimate of drug-likeness (QED) is 0.730. The summed E-state index contributed by atoms with van der Waals surface area (Å²) in [6, 6.07) is 7.70. The van der Waals surface area contributed by atoms with E-state index < -0.39 is 0 Å². The van der Waals surface area contributed by atoms with E-state index in [0.717, 1.165) is 9.92 Å². The number of ketones is 1. The molecule has 0 aliphatic rings. The van der Waals surface area contributed by atoms with Gasteiger partial charge in [0.15, 0.2) is 0 Å². The number of carbonyl (C=O) groups excluding carboxylic acids is 1. The van der Waals surface area contributed by atoms with Gasteiger partial charge in [0.25, 0.3) is 0 Å². The highest BCUT2D eigenvalue weighted by atomic mass is 35.5. The molecule has 76 valence electrons. The largest absolute Gasteiger partial charge is 0.300 e. The maximum absolute atomic E-state index is 10.9. The first-order valence-electron chi connectivity index (χ1n) is 4.50. The lowest BCUT2D eigenvalue weighted by atomic mass is 10.2.